The SMILES string of the molecule is O=C(CC(NC(=O)c1ccc(O)cc1)c1ccccc1)Nc1cc(C(F)(F)F)c[nH]c1=O. The second kappa shape index (κ2) is 9.38. The van der Waals surface area contributed by atoms with Crippen molar-refractivity contribution in [2.45, 2.75) is 18.6 Å². The number of carbonyl (C=O) groups is 2. The first-order valence-electron chi connectivity index (χ1n) is 9.38. The predicted octanol–water partition coefficient (Wildman–Crippen LogP) is 3.60. The van der Waals surface area contributed by atoms with Gasteiger partial charge in [0, 0.05) is 11.8 Å². The Kier molecular flexibility index (Phi) is 6.62. The number of anilines is 1. The highest BCUT2D eigenvalue weighted by molar-refractivity contribution is 5.96. The average molecular weight is 445 g/mol. The molecule has 2 amide bonds. The molecule has 1 unspecified atom stereocenters. The van der Waals surface area contributed by atoms with E-state index in [0.717, 1.165) is 0 Å². The average Bonchev–Trinajstić information content (AvgIpc) is 2.75. The van der Waals surface area contributed by atoms with E-state index < -0.39 is 40.8 Å². The Hall–Kier alpha value is -4.08. The van der Waals surface area contributed by atoms with Crippen LogP contribution in [0, 0.1) is 0 Å². The summed E-state index contributed by atoms with van der Waals surface area (Å²) in [5, 5.41) is 14.2. The molecular formula is C22H18F3N3O4. The van der Waals surface area contributed by atoms with Gasteiger partial charge in [0.1, 0.15) is 11.4 Å². The first-order valence-corrected chi connectivity index (χ1v) is 9.38. The van der Waals surface area contributed by atoms with E-state index in [4.69, 9.17) is 0 Å². The Morgan fingerprint density at radius 3 is 2.31 bits per heavy atom. The molecule has 0 fully saturated rings. The van der Waals surface area contributed by atoms with E-state index in [1.54, 1.807) is 30.3 Å². The number of benzene rings is 2. The van der Waals surface area contributed by atoms with E-state index >= 15 is 0 Å². The first-order chi connectivity index (χ1) is 15.1. The van der Waals surface area contributed by atoms with Crippen LogP contribution in [0.5, 0.6) is 5.75 Å². The van der Waals surface area contributed by atoms with Crippen molar-refractivity contribution in [3.63, 3.8) is 0 Å². The normalized spacial score (nSPS) is 12.1. The molecule has 166 valence electrons. The molecule has 0 saturated heterocycles. The number of aromatic nitrogens is 1. The standard InChI is InChI=1S/C22H18F3N3O4/c23-22(24,25)15-10-18(21(32)26-12-15)27-19(30)11-17(13-4-2-1-3-5-13)28-20(31)14-6-8-16(29)9-7-14/h1-10,12,17,29H,11H2,(H,26,32)(H,27,30)(H,28,31). The lowest BCUT2D eigenvalue weighted by molar-refractivity contribution is -0.137. The molecule has 4 N–H and O–H groups in total. The van der Waals surface area contributed by atoms with E-state index in [2.05, 4.69) is 10.6 Å². The van der Waals surface area contributed by atoms with Gasteiger partial charge in [-0.15, -0.1) is 0 Å². The molecule has 0 radical (unpaired) electrons. The summed E-state index contributed by atoms with van der Waals surface area (Å²) in [6.45, 7) is 0. The van der Waals surface area contributed by atoms with Crippen LogP contribution in [-0.2, 0) is 11.0 Å². The molecular weight excluding hydrogens is 427 g/mol. The minimum atomic E-state index is -4.70. The lowest BCUT2D eigenvalue weighted by Gasteiger charge is -2.19. The van der Waals surface area contributed by atoms with Gasteiger partial charge >= 0.3 is 6.18 Å². The van der Waals surface area contributed by atoms with Gasteiger partial charge in [-0.1, -0.05) is 30.3 Å². The zero-order chi connectivity index (χ0) is 23.3. The minimum absolute atomic E-state index is 0.0214. The van der Waals surface area contributed by atoms with Gasteiger partial charge in [-0.05, 0) is 35.9 Å². The van der Waals surface area contributed by atoms with Gasteiger partial charge in [0.2, 0.25) is 5.91 Å². The van der Waals surface area contributed by atoms with Crippen LogP contribution in [0.25, 0.3) is 0 Å². The molecule has 2 aromatic carbocycles. The Morgan fingerprint density at radius 1 is 1.03 bits per heavy atom. The summed E-state index contributed by atoms with van der Waals surface area (Å²) >= 11 is 0. The topological polar surface area (TPSA) is 111 Å². The van der Waals surface area contributed by atoms with E-state index in [1.165, 1.54) is 24.3 Å². The highest BCUT2D eigenvalue weighted by Gasteiger charge is 2.31. The summed E-state index contributed by atoms with van der Waals surface area (Å²) in [5.74, 6) is -1.31. The van der Waals surface area contributed by atoms with Crippen molar-refractivity contribution in [3.8, 4) is 5.75 Å². The van der Waals surface area contributed by atoms with Gasteiger partial charge in [-0.3, -0.25) is 14.4 Å². The third kappa shape index (κ3) is 5.75. The van der Waals surface area contributed by atoms with Crippen molar-refractivity contribution >= 4 is 17.5 Å². The number of carbonyl (C=O) groups excluding carboxylic acids is 2. The molecule has 0 aliphatic rings. The molecule has 3 aromatic rings. The van der Waals surface area contributed by atoms with Gasteiger partial charge in [0.25, 0.3) is 11.5 Å². The number of hydrogen-bond acceptors (Lipinski definition) is 4. The highest BCUT2D eigenvalue weighted by Crippen LogP contribution is 2.29. The summed E-state index contributed by atoms with van der Waals surface area (Å²) in [6.07, 6.45) is -4.53. The van der Waals surface area contributed by atoms with Gasteiger partial charge in [0.05, 0.1) is 18.0 Å². The van der Waals surface area contributed by atoms with E-state index in [-0.39, 0.29) is 17.7 Å². The van der Waals surface area contributed by atoms with Crippen LogP contribution in [-0.4, -0.2) is 21.9 Å². The summed E-state index contributed by atoms with van der Waals surface area (Å²) < 4.78 is 38.7. The maximum atomic E-state index is 12.9. The molecule has 1 heterocycles. The fraction of sp³-hybridized carbons (Fsp3) is 0.136. The molecule has 0 bridgehead atoms. The predicted molar refractivity (Wildman–Crippen MR) is 110 cm³/mol. The fourth-order valence-corrected chi connectivity index (χ4v) is 2.92. The summed E-state index contributed by atoms with van der Waals surface area (Å²) in [7, 11) is 0. The van der Waals surface area contributed by atoms with Crippen molar-refractivity contribution in [2.75, 3.05) is 5.32 Å². The minimum Gasteiger partial charge on any atom is -0.508 e. The van der Waals surface area contributed by atoms with Gasteiger partial charge in [0.15, 0.2) is 0 Å². The molecule has 1 atom stereocenters. The maximum Gasteiger partial charge on any atom is 0.417 e. The zero-order valence-corrected chi connectivity index (χ0v) is 16.4. The highest BCUT2D eigenvalue weighted by atomic mass is 19.4. The number of pyridine rings is 1. The lowest BCUT2D eigenvalue weighted by Crippen LogP contribution is -2.32. The van der Waals surface area contributed by atoms with Crippen molar-refractivity contribution < 1.29 is 27.9 Å². The monoisotopic (exact) mass is 445 g/mol. The van der Waals surface area contributed by atoms with Crippen molar-refractivity contribution in [3.05, 3.63) is 93.9 Å². The van der Waals surface area contributed by atoms with Gasteiger partial charge in [-0.25, -0.2) is 0 Å². The van der Waals surface area contributed by atoms with E-state index in [0.29, 0.717) is 17.8 Å². The van der Waals surface area contributed by atoms with Crippen molar-refractivity contribution in [1.82, 2.24) is 10.3 Å². The van der Waals surface area contributed by atoms with Gasteiger partial charge < -0.3 is 20.7 Å². The van der Waals surface area contributed by atoms with Gasteiger partial charge in [-0.2, -0.15) is 13.2 Å². The Labute approximate surface area is 179 Å². The van der Waals surface area contributed by atoms with Crippen molar-refractivity contribution in [1.29, 1.82) is 0 Å². The maximum absolute atomic E-state index is 12.9. The largest absolute Gasteiger partial charge is 0.508 e. The number of H-pyrrole nitrogens is 1. The number of amides is 2. The first kappa shape index (κ1) is 22.6. The third-order valence-electron chi connectivity index (χ3n) is 4.53. The number of rotatable bonds is 6. The van der Waals surface area contributed by atoms with Crippen LogP contribution >= 0.6 is 0 Å². The molecule has 0 spiro atoms. The Morgan fingerprint density at radius 2 is 1.69 bits per heavy atom. The Balaban J connectivity index is 1.79. The van der Waals surface area contributed by atoms with Crippen LogP contribution in [0.15, 0.2) is 71.7 Å². The van der Waals surface area contributed by atoms with Crippen LogP contribution in [0.1, 0.15) is 33.9 Å². The fourth-order valence-electron chi connectivity index (χ4n) is 2.92. The summed E-state index contributed by atoms with van der Waals surface area (Å²) in [5.41, 5.74) is -1.75. The number of aromatic hydroxyl groups is 1. The molecule has 1 aromatic heterocycles. The summed E-state index contributed by atoms with van der Waals surface area (Å²) in [6, 6.07) is 13.7. The number of hydrogen-bond donors (Lipinski definition) is 4. The smallest absolute Gasteiger partial charge is 0.417 e. The quantitative estimate of drug-likeness (QED) is 0.465. The molecule has 32 heavy (non-hydrogen) atoms. The number of halogens is 3. The van der Waals surface area contributed by atoms with E-state index in [9.17, 15) is 32.7 Å². The second-order valence-corrected chi connectivity index (χ2v) is 6.86. The Bertz CT molecular complexity index is 1160. The number of nitrogens with one attached hydrogen (secondary N) is 3. The third-order valence-corrected chi connectivity index (χ3v) is 4.53. The number of alkyl halides is 3. The molecule has 3 rings (SSSR count). The van der Waals surface area contributed by atoms with Crippen LogP contribution < -0.4 is 16.2 Å². The van der Waals surface area contributed by atoms with E-state index in [1.807, 2.05) is 4.98 Å². The molecule has 0 aliphatic heterocycles. The van der Waals surface area contributed by atoms with Crippen LogP contribution in [0.4, 0.5) is 18.9 Å². The number of phenols is 1. The molecule has 0 aliphatic carbocycles. The second-order valence-electron chi connectivity index (χ2n) is 6.86. The number of phenolic OH excluding ortho intramolecular Hbond substituents is 1. The molecule has 0 saturated carbocycles. The van der Waals surface area contributed by atoms with Crippen molar-refractivity contribution in [2.24, 2.45) is 0 Å². The van der Waals surface area contributed by atoms with Crippen LogP contribution in [0.3, 0.4) is 0 Å². The molecule has 7 nitrogen and oxygen atoms in total. The van der Waals surface area contributed by atoms with Crippen LogP contribution in [0.2, 0.25) is 0 Å². The zero-order valence-electron chi connectivity index (χ0n) is 16.4. The molecule has 10 heteroatoms. The number of aromatic amines is 1. The summed E-state index contributed by atoms with van der Waals surface area (Å²) in [4.78, 5) is 38.9. The lowest BCUT2D eigenvalue weighted by atomic mass is 10.0.